The van der Waals surface area contributed by atoms with E-state index in [4.69, 9.17) is 5.73 Å². The van der Waals surface area contributed by atoms with E-state index in [1.165, 1.54) is 10.6 Å². The van der Waals surface area contributed by atoms with E-state index in [1.807, 2.05) is 38.1 Å². The van der Waals surface area contributed by atoms with Gasteiger partial charge in [0.2, 0.25) is 17.9 Å². The van der Waals surface area contributed by atoms with E-state index in [0.717, 1.165) is 16.5 Å². The number of carboxylic acid groups (broad SMARTS) is 1. The summed E-state index contributed by atoms with van der Waals surface area (Å²) in [6, 6.07) is 11.4. The van der Waals surface area contributed by atoms with Gasteiger partial charge in [0.25, 0.3) is 0 Å². The van der Waals surface area contributed by atoms with E-state index >= 15 is 0 Å². The van der Waals surface area contributed by atoms with Crippen LogP contribution in [0.1, 0.15) is 36.2 Å². The lowest BCUT2D eigenvalue weighted by atomic mass is 10.0. The van der Waals surface area contributed by atoms with Crippen LogP contribution in [0.5, 0.6) is 0 Å². The summed E-state index contributed by atoms with van der Waals surface area (Å²) in [6.45, 7) is 3.96. The minimum Gasteiger partial charge on any atom is -0.480 e. The summed E-state index contributed by atoms with van der Waals surface area (Å²) < 4.78 is 1.47. The molecule has 0 unspecified atom stereocenters. The minimum absolute atomic E-state index is 0.0319. The lowest BCUT2D eigenvalue weighted by molar-refractivity contribution is -0.141. The number of nitrogens with zero attached hydrogens (tertiary/aromatic N) is 2. The molecule has 0 aliphatic heterocycles. The highest BCUT2D eigenvalue weighted by Crippen LogP contribution is 2.25. The molecule has 0 aliphatic rings. The molecule has 3 atom stereocenters. The Labute approximate surface area is 224 Å². The Morgan fingerprint density at radius 1 is 1.05 bits per heavy atom. The van der Waals surface area contributed by atoms with Gasteiger partial charge in [-0.2, -0.15) is 4.99 Å². The van der Waals surface area contributed by atoms with E-state index in [9.17, 15) is 24.3 Å². The van der Waals surface area contributed by atoms with Crippen LogP contribution in [0.3, 0.4) is 0 Å². The number of hydrogen-bond donors (Lipinski definition) is 4. The van der Waals surface area contributed by atoms with Crippen LogP contribution in [-0.2, 0) is 27.2 Å². The quantitative estimate of drug-likeness (QED) is 0.172. The van der Waals surface area contributed by atoms with Gasteiger partial charge in [-0.3, -0.25) is 14.2 Å². The molecule has 39 heavy (non-hydrogen) atoms. The molecule has 4 rings (SSSR count). The fourth-order valence-corrected chi connectivity index (χ4v) is 4.84. The van der Waals surface area contributed by atoms with Crippen LogP contribution in [0, 0.1) is 5.92 Å². The van der Waals surface area contributed by atoms with Gasteiger partial charge >= 0.3 is 5.97 Å². The van der Waals surface area contributed by atoms with E-state index < -0.39 is 30.0 Å². The van der Waals surface area contributed by atoms with Crippen molar-refractivity contribution in [1.29, 1.82) is 0 Å². The molecule has 0 bridgehead atoms. The van der Waals surface area contributed by atoms with Gasteiger partial charge in [0.15, 0.2) is 0 Å². The second-order valence-corrected chi connectivity index (χ2v) is 10.0. The van der Waals surface area contributed by atoms with Crippen molar-refractivity contribution >= 4 is 45.7 Å². The number of amides is 1. The lowest BCUT2D eigenvalue weighted by Gasteiger charge is -2.17. The van der Waals surface area contributed by atoms with Gasteiger partial charge in [-0.15, -0.1) is 0 Å². The smallest absolute Gasteiger partial charge is 0.326 e. The number of isocyanates is 1. The number of benzene rings is 2. The van der Waals surface area contributed by atoms with Gasteiger partial charge in [-0.1, -0.05) is 50.2 Å². The fraction of sp³-hybridized carbons (Fsp3) is 0.310. The number of carbonyl (C=O) groups is 3. The highest BCUT2D eigenvalue weighted by molar-refractivity contribution is 5.97. The standard InChI is InChI=1S/C29H31N5O5/c1-17(2)11-22(30)28(37)34-15-19(21-8-4-6-10-26(21)34)13-24(32-16-35)27(36)33-25(29(38)39)12-18-14-31-23-9-5-3-7-20(18)23/h3-10,14-15,17,22,24-25,31H,11-13,30H2,1-2H3,(H,33,36)(H,38,39)/t22-,24+,25+/m0/s1. The van der Waals surface area contributed by atoms with Crippen LogP contribution in [0.15, 0.2) is 65.9 Å². The number of nitrogens with one attached hydrogen (secondary N) is 2. The Balaban J connectivity index is 1.58. The first-order valence-electron chi connectivity index (χ1n) is 12.7. The van der Waals surface area contributed by atoms with Crippen LogP contribution >= 0.6 is 0 Å². The number of hydrogen-bond acceptors (Lipinski definition) is 6. The van der Waals surface area contributed by atoms with Crippen molar-refractivity contribution in [3.05, 3.63) is 72.1 Å². The van der Waals surface area contributed by atoms with Crippen LogP contribution in [0.25, 0.3) is 21.8 Å². The molecule has 4 aromatic rings. The number of carboxylic acids is 1. The maximum Gasteiger partial charge on any atom is 0.326 e. The molecule has 2 heterocycles. The molecular formula is C29H31N5O5. The van der Waals surface area contributed by atoms with E-state index in [-0.39, 0.29) is 24.7 Å². The van der Waals surface area contributed by atoms with Crippen molar-refractivity contribution < 1.29 is 24.3 Å². The number of aliphatic imine (C=N–C) groups is 1. The second kappa shape index (κ2) is 11.9. The molecule has 0 fully saturated rings. The number of H-pyrrole nitrogens is 1. The number of aliphatic carboxylic acids is 1. The van der Waals surface area contributed by atoms with E-state index in [0.29, 0.717) is 22.9 Å². The zero-order chi connectivity index (χ0) is 28.1. The maximum absolute atomic E-state index is 13.2. The summed E-state index contributed by atoms with van der Waals surface area (Å²) in [6.07, 6.45) is 5.24. The lowest BCUT2D eigenvalue weighted by Crippen LogP contribution is -2.46. The predicted molar refractivity (Wildman–Crippen MR) is 147 cm³/mol. The zero-order valence-corrected chi connectivity index (χ0v) is 21.8. The number of fused-ring (bicyclic) bond motifs is 2. The number of nitrogens with two attached hydrogens (primary N) is 1. The van der Waals surface area contributed by atoms with Crippen molar-refractivity contribution in [3.63, 3.8) is 0 Å². The summed E-state index contributed by atoms with van der Waals surface area (Å²) in [7, 11) is 0. The predicted octanol–water partition coefficient (Wildman–Crippen LogP) is 3.20. The average Bonchev–Trinajstić information content (AvgIpc) is 3.48. The number of para-hydroxylation sites is 2. The SMILES string of the molecule is CC(C)C[C@H](N)C(=O)n1cc(C[C@@H](N=C=O)C(=O)N[C@H](Cc2c[nH]c3ccccc23)C(=O)O)c2ccccc21. The molecule has 0 spiro atoms. The van der Waals surface area contributed by atoms with Crippen molar-refractivity contribution in [2.45, 2.75) is 51.2 Å². The second-order valence-electron chi connectivity index (χ2n) is 10.0. The Hall–Kier alpha value is -4.53. The van der Waals surface area contributed by atoms with Gasteiger partial charge < -0.3 is 21.1 Å². The highest BCUT2D eigenvalue weighted by atomic mass is 16.4. The number of rotatable bonds is 11. The summed E-state index contributed by atoms with van der Waals surface area (Å²) in [5, 5.41) is 13.9. The van der Waals surface area contributed by atoms with Crippen LogP contribution in [0.2, 0.25) is 0 Å². The Morgan fingerprint density at radius 3 is 2.44 bits per heavy atom. The zero-order valence-electron chi connectivity index (χ0n) is 21.8. The van der Waals surface area contributed by atoms with Gasteiger partial charge in [-0.05, 0) is 35.6 Å². The molecule has 0 saturated heterocycles. The highest BCUT2D eigenvalue weighted by Gasteiger charge is 2.28. The molecule has 0 radical (unpaired) electrons. The van der Waals surface area contributed by atoms with Crippen LogP contribution < -0.4 is 11.1 Å². The third-order valence-electron chi connectivity index (χ3n) is 6.71. The van der Waals surface area contributed by atoms with Gasteiger partial charge in [0.1, 0.15) is 12.1 Å². The molecule has 2 aromatic carbocycles. The monoisotopic (exact) mass is 529 g/mol. The minimum atomic E-state index is -1.25. The summed E-state index contributed by atoms with van der Waals surface area (Å²) in [5.41, 5.74) is 8.96. The van der Waals surface area contributed by atoms with Gasteiger partial charge in [0.05, 0.1) is 11.6 Å². The maximum atomic E-state index is 13.2. The van der Waals surface area contributed by atoms with Crippen LogP contribution in [0.4, 0.5) is 0 Å². The largest absolute Gasteiger partial charge is 0.480 e. The molecule has 202 valence electrons. The third kappa shape index (κ3) is 6.14. The molecule has 0 saturated carbocycles. The summed E-state index contributed by atoms with van der Waals surface area (Å²) >= 11 is 0. The molecule has 5 N–H and O–H groups in total. The van der Waals surface area contributed by atoms with Crippen LogP contribution in [-0.4, -0.2) is 56.6 Å². The molecular weight excluding hydrogens is 498 g/mol. The normalized spacial score (nSPS) is 13.6. The van der Waals surface area contributed by atoms with E-state index in [1.54, 1.807) is 36.7 Å². The first-order chi connectivity index (χ1) is 18.7. The Bertz CT molecular complexity index is 1560. The first kappa shape index (κ1) is 27.5. The molecule has 10 nitrogen and oxygen atoms in total. The summed E-state index contributed by atoms with van der Waals surface area (Å²) in [4.78, 5) is 56.4. The average molecular weight is 530 g/mol. The summed E-state index contributed by atoms with van der Waals surface area (Å²) in [5.74, 6) is -2.00. The molecule has 10 heteroatoms. The van der Waals surface area contributed by atoms with Gasteiger partial charge in [-0.25, -0.2) is 9.59 Å². The third-order valence-corrected chi connectivity index (χ3v) is 6.71. The number of aromatic nitrogens is 2. The van der Waals surface area contributed by atoms with Gasteiger partial charge in [0, 0.05) is 41.5 Å². The molecule has 1 amide bonds. The number of aromatic amines is 1. The molecule has 2 aromatic heterocycles. The number of carbonyl (C=O) groups excluding carboxylic acids is 3. The Morgan fingerprint density at radius 2 is 1.74 bits per heavy atom. The Kier molecular flexibility index (Phi) is 8.39. The van der Waals surface area contributed by atoms with Crippen molar-refractivity contribution in [2.75, 3.05) is 0 Å². The topological polar surface area (TPSA) is 160 Å². The fourth-order valence-electron chi connectivity index (χ4n) is 4.84. The molecule has 0 aliphatic carbocycles. The van der Waals surface area contributed by atoms with E-state index in [2.05, 4.69) is 15.3 Å². The van der Waals surface area contributed by atoms with Crippen molar-refractivity contribution in [3.8, 4) is 0 Å². The van der Waals surface area contributed by atoms with Crippen molar-refractivity contribution in [2.24, 2.45) is 16.6 Å². The van der Waals surface area contributed by atoms with Crippen molar-refractivity contribution in [1.82, 2.24) is 14.9 Å². The first-order valence-corrected chi connectivity index (χ1v) is 12.7.